The number of aromatic nitrogens is 3. The molecule has 12 rings (SSSR count). The fraction of sp³-hybridized carbons (Fsp3) is 0. The number of nitrogens with zero attached hydrogens (tertiary/aromatic N) is 3. The SMILES string of the molecule is c1ccc2cc(-c3cc(-c4ccc(-c5ccc(-c6nc(-c7ccc8ccccc8c7)cc(-c7ccc8ccccc8c7)n6)cc5)cc4)cc(-c4ccc5ccccc5c4)n3)ccc2c1. The molecular formula is C61H39N3. The van der Waals surface area contributed by atoms with E-state index in [0.717, 1.165) is 72.8 Å². The Hall–Kier alpha value is -8.53. The summed E-state index contributed by atoms with van der Waals surface area (Å²) in [4.78, 5) is 15.6. The van der Waals surface area contributed by atoms with Crippen LogP contribution in [0.3, 0.4) is 0 Å². The Kier molecular flexibility index (Phi) is 9.16. The van der Waals surface area contributed by atoms with Crippen molar-refractivity contribution in [1.29, 1.82) is 0 Å². The van der Waals surface area contributed by atoms with Crippen LogP contribution in [-0.4, -0.2) is 15.0 Å². The molecule has 2 aromatic heterocycles. The van der Waals surface area contributed by atoms with Crippen molar-refractivity contribution in [2.24, 2.45) is 0 Å². The maximum Gasteiger partial charge on any atom is 0.160 e. The third-order valence-electron chi connectivity index (χ3n) is 12.4. The molecule has 0 aliphatic carbocycles. The van der Waals surface area contributed by atoms with Gasteiger partial charge in [0.25, 0.3) is 0 Å². The van der Waals surface area contributed by atoms with E-state index in [1.807, 2.05) is 0 Å². The van der Waals surface area contributed by atoms with Gasteiger partial charge in [-0.2, -0.15) is 0 Å². The van der Waals surface area contributed by atoms with Crippen molar-refractivity contribution in [1.82, 2.24) is 15.0 Å². The van der Waals surface area contributed by atoms with Crippen molar-refractivity contribution < 1.29 is 0 Å². The summed E-state index contributed by atoms with van der Waals surface area (Å²) in [5, 5.41) is 9.60. The van der Waals surface area contributed by atoms with E-state index in [9.17, 15) is 0 Å². The highest BCUT2D eigenvalue weighted by Gasteiger charge is 2.14. The molecule has 0 fully saturated rings. The van der Waals surface area contributed by atoms with Gasteiger partial charge in [-0.3, -0.25) is 0 Å². The first-order chi connectivity index (χ1) is 31.6. The summed E-state index contributed by atoms with van der Waals surface area (Å²) in [7, 11) is 0. The zero-order valence-electron chi connectivity index (χ0n) is 34.9. The van der Waals surface area contributed by atoms with Gasteiger partial charge in [0, 0.05) is 27.8 Å². The largest absolute Gasteiger partial charge is 0.248 e. The zero-order valence-corrected chi connectivity index (χ0v) is 34.9. The Morgan fingerprint density at radius 3 is 0.781 bits per heavy atom. The molecule has 298 valence electrons. The van der Waals surface area contributed by atoms with Gasteiger partial charge in [-0.15, -0.1) is 0 Å². The van der Waals surface area contributed by atoms with Crippen molar-refractivity contribution in [2.45, 2.75) is 0 Å². The summed E-state index contributed by atoms with van der Waals surface area (Å²) in [5.74, 6) is 0.692. The van der Waals surface area contributed by atoms with Crippen LogP contribution in [0.2, 0.25) is 0 Å². The predicted molar refractivity (Wildman–Crippen MR) is 268 cm³/mol. The molecule has 10 aromatic carbocycles. The minimum absolute atomic E-state index is 0.692. The molecule has 0 aliphatic rings. The summed E-state index contributed by atoms with van der Waals surface area (Å²) < 4.78 is 0. The number of fused-ring (bicyclic) bond motifs is 4. The van der Waals surface area contributed by atoms with Crippen LogP contribution in [0.15, 0.2) is 237 Å². The normalized spacial score (nSPS) is 11.4. The first-order valence-electron chi connectivity index (χ1n) is 21.7. The lowest BCUT2D eigenvalue weighted by atomic mass is 9.96. The highest BCUT2D eigenvalue weighted by atomic mass is 14.9. The number of benzene rings is 10. The topological polar surface area (TPSA) is 38.7 Å². The average molecular weight is 814 g/mol. The van der Waals surface area contributed by atoms with E-state index in [4.69, 9.17) is 15.0 Å². The lowest BCUT2D eigenvalue weighted by molar-refractivity contribution is 1.18. The summed E-state index contributed by atoms with van der Waals surface area (Å²) >= 11 is 0. The molecule has 0 bridgehead atoms. The van der Waals surface area contributed by atoms with Crippen molar-refractivity contribution in [3.63, 3.8) is 0 Å². The van der Waals surface area contributed by atoms with Gasteiger partial charge in [0.05, 0.1) is 22.8 Å². The highest BCUT2D eigenvalue weighted by molar-refractivity contribution is 5.92. The van der Waals surface area contributed by atoms with Gasteiger partial charge in [-0.1, -0.05) is 194 Å². The first kappa shape index (κ1) is 37.2. The Labute approximate surface area is 371 Å². The van der Waals surface area contributed by atoms with Gasteiger partial charge in [0.15, 0.2) is 5.82 Å². The summed E-state index contributed by atoms with van der Waals surface area (Å²) in [6.07, 6.45) is 0. The first-order valence-corrected chi connectivity index (χ1v) is 21.7. The molecule has 3 nitrogen and oxygen atoms in total. The molecule has 0 spiro atoms. The van der Waals surface area contributed by atoms with E-state index in [2.05, 4.69) is 237 Å². The third-order valence-corrected chi connectivity index (χ3v) is 12.4. The summed E-state index contributed by atoms with van der Waals surface area (Å²) in [6.45, 7) is 0. The van der Waals surface area contributed by atoms with Crippen molar-refractivity contribution >= 4 is 43.1 Å². The second-order valence-corrected chi connectivity index (χ2v) is 16.5. The number of rotatable bonds is 7. The third kappa shape index (κ3) is 7.15. The van der Waals surface area contributed by atoms with Crippen molar-refractivity contribution in [3.8, 4) is 78.7 Å². The average Bonchev–Trinajstić information content (AvgIpc) is 3.38. The Morgan fingerprint density at radius 2 is 0.438 bits per heavy atom. The second kappa shape index (κ2) is 15.7. The molecule has 0 radical (unpaired) electrons. The summed E-state index contributed by atoms with van der Waals surface area (Å²) in [5.41, 5.74) is 13.5. The van der Waals surface area contributed by atoms with Crippen LogP contribution in [0.5, 0.6) is 0 Å². The fourth-order valence-corrected chi connectivity index (χ4v) is 8.93. The fourth-order valence-electron chi connectivity index (χ4n) is 8.93. The molecule has 2 heterocycles. The van der Waals surface area contributed by atoms with Crippen LogP contribution in [0.25, 0.3) is 122 Å². The van der Waals surface area contributed by atoms with E-state index >= 15 is 0 Å². The molecule has 0 saturated heterocycles. The van der Waals surface area contributed by atoms with Crippen LogP contribution in [0.4, 0.5) is 0 Å². The standard InChI is InChI=1S/C61H39N3/c1-5-13-48-33-52(29-23-40(48)9-1)57-37-56(38-58(62-57)53-30-24-41-10-2-6-14-49(41)34-53)46-19-17-44(18-20-46)45-21-27-47(28-22-45)61-63-59(54-31-25-42-11-3-7-15-50(42)35-54)39-60(64-61)55-32-26-43-12-4-8-16-51(43)36-55/h1-39H. The Bertz CT molecular complexity index is 3280. The van der Waals surface area contributed by atoms with Crippen LogP contribution in [0.1, 0.15) is 0 Å². The van der Waals surface area contributed by atoms with Crippen LogP contribution >= 0.6 is 0 Å². The van der Waals surface area contributed by atoms with Gasteiger partial charge in [-0.25, -0.2) is 15.0 Å². The van der Waals surface area contributed by atoms with Crippen LogP contribution in [0, 0.1) is 0 Å². The van der Waals surface area contributed by atoms with Crippen LogP contribution < -0.4 is 0 Å². The maximum absolute atomic E-state index is 5.27. The van der Waals surface area contributed by atoms with Gasteiger partial charge in [0.1, 0.15) is 0 Å². The predicted octanol–water partition coefficient (Wildman–Crippen LogP) is 16.2. The minimum Gasteiger partial charge on any atom is -0.248 e. The highest BCUT2D eigenvalue weighted by Crippen LogP contribution is 2.35. The van der Waals surface area contributed by atoms with E-state index in [1.165, 1.54) is 43.1 Å². The molecule has 0 N–H and O–H groups in total. The molecular weight excluding hydrogens is 775 g/mol. The lowest BCUT2D eigenvalue weighted by Crippen LogP contribution is -1.96. The van der Waals surface area contributed by atoms with E-state index in [-0.39, 0.29) is 0 Å². The molecule has 0 aliphatic heterocycles. The molecule has 0 atom stereocenters. The van der Waals surface area contributed by atoms with Crippen molar-refractivity contribution in [2.75, 3.05) is 0 Å². The molecule has 0 amide bonds. The van der Waals surface area contributed by atoms with Gasteiger partial charge >= 0.3 is 0 Å². The smallest absolute Gasteiger partial charge is 0.160 e. The number of pyridine rings is 1. The van der Waals surface area contributed by atoms with Gasteiger partial charge in [-0.05, 0) is 108 Å². The van der Waals surface area contributed by atoms with E-state index in [1.54, 1.807) is 0 Å². The van der Waals surface area contributed by atoms with E-state index < -0.39 is 0 Å². The molecule has 12 aromatic rings. The quantitative estimate of drug-likeness (QED) is 0.161. The van der Waals surface area contributed by atoms with Crippen LogP contribution in [-0.2, 0) is 0 Å². The summed E-state index contributed by atoms with van der Waals surface area (Å²) in [6, 6.07) is 84.3. The molecule has 64 heavy (non-hydrogen) atoms. The molecule has 0 unspecified atom stereocenters. The second-order valence-electron chi connectivity index (χ2n) is 16.5. The Balaban J connectivity index is 0.894. The Morgan fingerprint density at radius 1 is 0.172 bits per heavy atom. The minimum atomic E-state index is 0.692. The number of hydrogen-bond acceptors (Lipinski definition) is 3. The molecule has 3 heteroatoms. The monoisotopic (exact) mass is 813 g/mol. The lowest BCUT2D eigenvalue weighted by Gasteiger charge is -2.12. The van der Waals surface area contributed by atoms with Crippen molar-refractivity contribution in [3.05, 3.63) is 237 Å². The number of hydrogen-bond donors (Lipinski definition) is 0. The maximum atomic E-state index is 5.27. The molecule has 0 saturated carbocycles. The van der Waals surface area contributed by atoms with E-state index in [0.29, 0.717) is 5.82 Å². The zero-order chi connectivity index (χ0) is 42.4. The van der Waals surface area contributed by atoms with Gasteiger partial charge in [0.2, 0.25) is 0 Å². The van der Waals surface area contributed by atoms with Gasteiger partial charge < -0.3 is 0 Å².